The average Bonchev–Trinajstić information content (AvgIpc) is 3.15. The van der Waals surface area contributed by atoms with E-state index in [1.54, 1.807) is 18.6 Å². The van der Waals surface area contributed by atoms with Gasteiger partial charge in [0.05, 0.1) is 35.6 Å². The van der Waals surface area contributed by atoms with Gasteiger partial charge in [0, 0.05) is 24.2 Å². The molecule has 0 atom stereocenters. The van der Waals surface area contributed by atoms with Gasteiger partial charge in [0.15, 0.2) is 5.52 Å². The normalized spacial score (nSPS) is 15.8. The lowest BCUT2D eigenvalue weighted by molar-refractivity contribution is -0.648. The van der Waals surface area contributed by atoms with Crippen LogP contribution in [0.15, 0.2) is 36.8 Å². The summed E-state index contributed by atoms with van der Waals surface area (Å²) in [5.41, 5.74) is 4.31. The van der Waals surface area contributed by atoms with E-state index in [9.17, 15) is 0 Å². The van der Waals surface area contributed by atoms with E-state index in [0.717, 1.165) is 27.8 Å². The highest BCUT2D eigenvalue weighted by molar-refractivity contribution is 6.03. The molecule has 0 saturated heterocycles. The van der Waals surface area contributed by atoms with Gasteiger partial charge in [-0.2, -0.15) is 0 Å². The van der Waals surface area contributed by atoms with Crippen LogP contribution in [0.1, 0.15) is 9.68 Å². The van der Waals surface area contributed by atoms with Crippen LogP contribution in [0.4, 0.5) is 0 Å². The molecule has 0 aliphatic carbocycles. The van der Waals surface area contributed by atoms with Crippen LogP contribution in [0.25, 0.3) is 33.6 Å². The minimum atomic E-state index is -2.29. The molecule has 102 valence electrons. The molecule has 5 heteroatoms. The fourth-order valence-corrected chi connectivity index (χ4v) is 3.43. The summed E-state index contributed by atoms with van der Waals surface area (Å²) in [5, 5.41) is 0.846. The molecule has 5 rings (SSSR count). The second kappa shape index (κ2) is 3.49. The summed E-state index contributed by atoms with van der Waals surface area (Å²) >= 11 is 0. The lowest BCUT2D eigenvalue weighted by Crippen LogP contribution is -2.33. The molecule has 5 nitrogen and oxygen atoms in total. The first-order valence-electron chi connectivity index (χ1n) is 8.30. The number of aromatic nitrogens is 5. The van der Waals surface area contributed by atoms with E-state index in [4.69, 9.17) is 4.11 Å². The Morgan fingerprint density at radius 1 is 1.29 bits per heavy atom. The standard InChI is InChI=1S/C16H14N5/c1-19-13-11-4-3-6-18-14(11)20(2)16(13)21-9-10-5-7-17-8-12(10)15(19)21/h3-8H,9H2,1-2H3/q+1/i1D3. The molecule has 0 aromatic carbocycles. The number of aryl methyl sites for hydroxylation is 2. The fourth-order valence-electron chi connectivity index (χ4n) is 3.43. The maximum absolute atomic E-state index is 8.10. The van der Waals surface area contributed by atoms with Crippen LogP contribution in [0.2, 0.25) is 0 Å². The number of hydrogen-bond donors (Lipinski definition) is 0. The van der Waals surface area contributed by atoms with Crippen molar-refractivity contribution in [3.8, 4) is 11.4 Å². The highest BCUT2D eigenvalue weighted by atomic mass is 15.2. The van der Waals surface area contributed by atoms with E-state index < -0.39 is 6.98 Å². The molecule has 0 fully saturated rings. The van der Waals surface area contributed by atoms with Gasteiger partial charge >= 0.3 is 0 Å². The summed E-state index contributed by atoms with van der Waals surface area (Å²) in [7, 11) is 1.93. The number of nitrogens with zero attached hydrogens (tertiary/aromatic N) is 5. The Labute approximate surface area is 125 Å². The third-order valence-corrected chi connectivity index (χ3v) is 4.32. The summed E-state index contributed by atoms with van der Waals surface area (Å²) in [5.74, 6) is 0.685. The number of hydrogen-bond acceptors (Lipinski definition) is 2. The highest BCUT2D eigenvalue weighted by Crippen LogP contribution is 2.33. The van der Waals surface area contributed by atoms with Crippen molar-refractivity contribution in [2.75, 3.05) is 0 Å². The Balaban J connectivity index is 2.05. The number of fused-ring (bicyclic) bond motifs is 7. The molecule has 4 aromatic rings. The molecule has 0 N–H and O–H groups in total. The van der Waals surface area contributed by atoms with E-state index in [1.165, 1.54) is 4.57 Å². The Morgan fingerprint density at radius 3 is 3.14 bits per heavy atom. The van der Waals surface area contributed by atoms with E-state index in [-0.39, 0.29) is 0 Å². The second-order valence-corrected chi connectivity index (χ2v) is 5.38. The molecule has 1 aliphatic heterocycles. The third-order valence-electron chi connectivity index (χ3n) is 4.32. The SMILES string of the molecule is [2H]C([2H])([2H])n1c2[n+](c3c1c1cccnc1n3C)Cc1ccncc1-2. The Hall–Kier alpha value is -2.69. The van der Waals surface area contributed by atoms with Crippen molar-refractivity contribution in [2.24, 2.45) is 14.0 Å². The minimum absolute atomic E-state index is 0.636. The summed E-state index contributed by atoms with van der Waals surface area (Å²) in [6.07, 6.45) is 5.21. The van der Waals surface area contributed by atoms with Gasteiger partial charge in [0.2, 0.25) is 11.5 Å². The van der Waals surface area contributed by atoms with Crippen LogP contribution >= 0.6 is 0 Å². The van der Waals surface area contributed by atoms with Gasteiger partial charge in [0.1, 0.15) is 0 Å². The lowest BCUT2D eigenvalue weighted by atomic mass is 10.2. The predicted octanol–water partition coefficient (Wildman–Crippen LogP) is 1.78. The smallest absolute Gasteiger partial charge is 0.264 e. The van der Waals surface area contributed by atoms with Crippen LogP contribution in [0.3, 0.4) is 0 Å². The summed E-state index contributed by atoms with van der Waals surface area (Å²) in [6, 6.07) is 5.70. The predicted molar refractivity (Wildman–Crippen MR) is 79.7 cm³/mol. The van der Waals surface area contributed by atoms with Crippen LogP contribution in [-0.2, 0) is 20.6 Å². The van der Waals surface area contributed by atoms with Gasteiger partial charge < -0.3 is 0 Å². The topological polar surface area (TPSA) is 39.5 Å². The van der Waals surface area contributed by atoms with E-state index in [0.29, 0.717) is 17.9 Å². The van der Waals surface area contributed by atoms with E-state index in [1.807, 2.05) is 29.8 Å². The van der Waals surface area contributed by atoms with Gasteiger partial charge in [-0.25, -0.2) is 14.1 Å². The zero-order chi connectivity index (χ0) is 16.6. The van der Waals surface area contributed by atoms with Crippen molar-refractivity contribution in [3.05, 3.63) is 42.4 Å². The van der Waals surface area contributed by atoms with Gasteiger partial charge in [-0.15, -0.1) is 0 Å². The molecule has 4 aromatic heterocycles. The maximum atomic E-state index is 8.10. The summed E-state index contributed by atoms with van der Waals surface area (Å²) in [4.78, 5) is 8.62. The van der Waals surface area contributed by atoms with Gasteiger partial charge in [-0.3, -0.25) is 9.55 Å². The molecule has 5 heterocycles. The van der Waals surface area contributed by atoms with Crippen LogP contribution in [-0.4, -0.2) is 19.1 Å². The molecular weight excluding hydrogens is 262 g/mol. The van der Waals surface area contributed by atoms with E-state index in [2.05, 4.69) is 14.5 Å². The van der Waals surface area contributed by atoms with E-state index >= 15 is 0 Å². The number of imidazole rings is 1. The molecule has 0 saturated carbocycles. The molecule has 0 bridgehead atoms. The number of pyridine rings is 2. The molecule has 21 heavy (non-hydrogen) atoms. The van der Waals surface area contributed by atoms with Crippen LogP contribution in [0, 0.1) is 0 Å². The van der Waals surface area contributed by atoms with Gasteiger partial charge in [0.25, 0.3) is 5.65 Å². The Morgan fingerprint density at radius 2 is 2.24 bits per heavy atom. The Kier molecular flexibility index (Phi) is 1.42. The maximum Gasteiger partial charge on any atom is 0.271 e. The third kappa shape index (κ3) is 1.15. The monoisotopic (exact) mass is 279 g/mol. The average molecular weight is 279 g/mol. The summed E-state index contributed by atoms with van der Waals surface area (Å²) in [6.45, 7) is -1.66. The van der Waals surface area contributed by atoms with Gasteiger partial charge in [-0.05, 0) is 18.2 Å². The Bertz CT molecular complexity index is 1140. The van der Waals surface area contributed by atoms with Crippen molar-refractivity contribution in [1.29, 1.82) is 0 Å². The first-order valence-corrected chi connectivity index (χ1v) is 6.80. The highest BCUT2D eigenvalue weighted by Gasteiger charge is 2.34. The summed E-state index contributed by atoms with van der Waals surface area (Å²) < 4.78 is 29.8. The first kappa shape index (κ1) is 8.56. The van der Waals surface area contributed by atoms with Crippen molar-refractivity contribution in [3.63, 3.8) is 0 Å². The van der Waals surface area contributed by atoms with Crippen molar-refractivity contribution in [1.82, 2.24) is 19.1 Å². The fraction of sp³-hybridized carbons (Fsp3) is 0.188. The minimum Gasteiger partial charge on any atom is -0.264 e. The first-order chi connectivity index (χ1) is 11.5. The quantitative estimate of drug-likeness (QED) is 0.405. The molecule has 1 aliphatic rings. The molecule has 0 unspecified atom stereocenters. The van der Waals surface area contributed by atoms with Crippen molar-refractivity contribution in [2.45, 2.75) is 6.54 Å². The lowest BCUT2D eigenvalue weighted by Gasteiger charge is -1.97. The zero-order valence-corrected chi connectivity index (χ0v) is 11.4. The van der Waals surface area contributed by atoms with Crippen LogP contribution in [0.5, 0.6) is 0 Å². The second-order valence-electron chi connectivity index (χ2n) is 5.38. The number of rotatable bonds is 0. The zero-order valence-electron chi connectivity index (χ0n) is 14.4. The molecule has 0 amide bonds. The molecule has 0 spiro atoms. The largest absolute Gasteiger partial charge is 0.271 e. The van der Waals surface area contributed by atoms with Crippen molar-refractivity contribution < 1.29 is 8.68 Å². The molecule has 0 radical (unpaired) electrons. The van der Waals surface area contributed by atoms with Gasteiger partial charge in [-0.1, -0.05) is 0 Å². The van der Waals surface area contributed by atoms with Crippen LogP contribution < -0.4 is 4.57 Å². The molecular formula is C16H14N5+. The van der Waals surface area contributed by atoms with Crippen molar-refractivity contribution >= 4 is 22.2 Å².